The van der Waals surface area contributed by atoms with Crippen LogP contribution in [-0.4, -0.2) is 65.9 Å². The summed E-state index contributed by atoms with van der Waals surface area (Å²) in [5.74, 6) is 0.954. The Balaban J connectivity index is 1.29. The monoisotopic (exact) mass is 471 g/mol. The van der Waals surface area contributed by atoms with Gasteiger partial charge in [-0.05, 0) is 71.1 Å². The highest BCUT2D eigenvalue weighted by molar-refractivity contribution is 5.62. The van der Waals surface area contributed by atoms with Crippen LogP contribution in [0.25, 0.3) is 0 Å². The number of aromatic nitrogens is 3. The zero-order valence-electron chi connectivity index (χ0n) is 21.4. The van der Waals surface area contributed by atoms with Crippen LogP contribution in [0.3, 0.4) is 0 Å². The molecule has 0 saturated carbocycles. The second kappa shape index (κ2) is 10.6. The Bertz CT molecular complexity index is 907. The first-order valence-corrected chi connectivity index (χ1v) is 12.5. The van der Waals surface area contributed by atoms with Gasteiger partial charge in [0.05, 0.1) is 24.9 Å². The third-order valence-corrected chi connectivity index (χ3v) is 6.92. The molecule has 1 unspecified atom stereocenters. The van der Waals surface area contributed by atoms with Crippen molar-refractivity contribution in [3.05, 3.63) is 36.4 Å². The third kappa shape index (κ3) is 6.29. The molecule has 2 aliphatic heterocycles. The molecule has 0 radical (unpaired) electrons. The SMILES string of the molecule is COCCCN1CC(C)(C)Oc2ccc(CO[C@@H]3CCC(CC(C)(C)n4cnnc4)NC3)cc21. The smallest absolute Gasteiger partial charge is 0.143 e. The fraction of sp³-hybridized carbons (Fsp3) is 0.692. The van der Waals surface area contributed by atoms with E-state index in [1.165, 1.54) is 5.56 Å². The number of hydrogen-bond acceptors (Lipinski definition) is 7. The molecule has 3 heterocycles. The Labute approximate surface area is 204 Å². The van der Waals surface area contributed by atoms with Crippen LogP contribution in [0.5, 0.6) is 5.75 Å². The van der Waals surface area contributed by atoms with Gasteiger partial charge in [-0.15, -0.1) is 10.2 Å². The summed E-state index contributed by atoms with van der Waals surface area (Å²) in [6.07, 6.45) is 8.06. The van der Waals surface area contributed by atoms with Gasteiger partial charge in [0.2, 0.25) is 0 Å². The zero-order chi connectivity index (χ0) is 24.2. The van der Waals surface area contributed by atoms with E-state index in [1.54, 1.807) is 19.8 Å². The Morgan fingerprint density at radius 1 is 1.21 bits per heavy atom. The summed E-state index contributed by atoms with van der Waals surface area (Å²) in [5.41, 5.74) is 2.14. The van der Waals surface area contributed by atoms with Crippen LogP contribution in [0.2, 0.25) is 0 Å². The molecular weight excluding hydrogens is 430 g/mol. The highest BCUT2D eigenvalue weighted by Crippen LogP contribution is 2.38. The van der Waals surface area contributed by atoms with Crippen molar-refractivity contribution in [2.45, 2.75) is 83.3 Å². The highest BCUT2D eigenvalue weighted by atomic mass is 16.5. The molecule has 2 atom stereocenters. The number of piperidine rings is 1. The number of methoxy groups -OCH3 is 1. The molecule has 2 aliphatic rings. The predicted molar refractivity (Wildman–Crippen MR) is 133 cm³/mol. The van der Waals surface area contributed by atoms with Crippen LogP contribution in [-0.2, 0) is 21.6 Å². The van der Waals surface area contributed by atoms with E-state index in [0.717, 1.165) is 63.4 Å². The zero-order valence-corrected chi connectivity index (χ0v) is 21.4. The molecule has 8 heteroatoms. The lowest BCUT2D eigenvalue weighted by atomic mass is 9.89. The first kappa shape index (κ1) is 24.9. The summed E-state index contributed by atoms with van der Waals surface area (Å²) in [6.45, 7) is 12.9. The molecule has 0 bridgehead atoms. The van der Waals surface area contributed by atoms with Crippen molar-refractivity contribution in [2.24, 2.45) is 0 Å². The van der Waals surface area contributed by atoms with E-state index >= 15 is 0 Å². The summed E-state index contributed by atoms with van der Waals surface area (Å²) >= 11 is 0. The molecule has 0 amide bonds. The Kier molecular flexibility index (Phi) is 7.80. The van der Waals surface area contributed by atoms with E-state index in [1.807, 2.05) is 0 Å². The molecular formula is C26H41N5O3. The molecule has 0 aliphatic carbocycles. The van der Waals surface area contributed by atoms with Crippen LogP contribution in [0.15, 0.2) is 30.9 Å². The van der Waals surface area contributed by atoms with Gasteiger partial charge in [-0.1, -0.05) is 6.07 Å². The molecule has 1 aromatic carbocycles. The van der Waals surface area contributed by atoms with Crippen molar-refractivity contribution in [3.8, 4) is 5.75 Å². The van der Waals surface area contributed by atoms with Crippen molar-refractivity contribution >= 4 is 5.69 Å². The van der Waals surface area contributed by atoms with Crippen LogP contribution < -0.4 is 15.0 Å². The van der Waals surface area contributed by atoms with Gasteiger partial charge in [-0.25, -0.2) is 0 Å². The molecule has 1 saturated heterocycles. The molecule has 34 heavy (non-hydrogen) atoms. The summed E-state index contributed by atoms with van der Waals surface area (Å²) in [6, 6.07) is 6.94. The molecule has 4 rings (SSSR count). The number of rotatable bonds is 10. The van der Waals surface area contributed by atoms with Crippen LogP contribution in [0.1, 0.15) is 58.9 Å². The van der Waals surface area contributed by atoms with Gasteiger partial charge in [-0.2, -0.15) is 0 Å². The lowest BCUT2D eigenvalue weighted by molar-refractivity contribution is 0.0149. The maximum absolute atomic E-state index is 6.32. The number of nitrogens with zero attached hydrogens (tertiary/aromatic N) is 4. The molecule has 1 aromatic heterocycles. The standard InChI is InChI=1S/C26H41N5O3/c1-25(2,31-18-28-29-19-31)14-21-8-9-22(15-27-21)33-16-20-7-10-24-23(13-20)30(11-6-12-32-5)17-26(3,4)34-24/h7,10,13,18-19,21-22,27H,6,8-9,11-12,14-17H2,1-5H3/t21?,22-/m1/s1. The van der Waals surface area contributed by atoms with Gasteiger partial charge in [0.15, 0.2) is 0 Å². The molecule has 0 spiro atoms. The van der Waals surface area contributed by atoms with Crippen LogP contribution in [0, 0.1) is 0 Å². The molecule has 188 valence electrons. The minimum absolute atomic E-state index is 0.0102. The van der Waals surface area contributed by atoms with Crippen molar-refractivity contribution in [1.29, 1.82) is 0 Å². The number of anilines is 1. The van der Waals surface area contributed by atoms with E-state index in [2.05, 4.69) is 70.9 Å². The maximum atomic E-state index is 6.32. The van der Waals surface area contributed by atoms with Crippen LogP contribution in [0.4, 0.5) is 5.69 Å². The minimum Gasteiger partial charge on any atom is -0.484 e. The molecule has 8 nitrogen and oxygen atoms in total. The summed E-state index contributed by atoms with van der Waals surface area (Å²) in [5, 5.41) is 11.6. The fourth-order valence-corrected chi connectivity index (χ4v) is 5.10. The average Bonchev–Trinajstić information content (AvgIpc) is 3.34. The van der Waals surface area contributed by atoms with Crippen molar-refractivity contribution < 1.29 is 14.2 Å². The molecule has 1 fully saturated rings. The number of benzene rings is 1. The first-order chi connectivity index (χ1) is 16.3. The number of nitrogens with one attached hydrogen (secondary N) is 1. The van der Waals surface area contributed by atoms with E-state index < -0.39 is 0 Å². The van der Waals surface area contributed by atoms with E-state index in [9.17, 15) is 0 Å². The largest absolute Gasteiger partial charge is 0.484 e. The topological polar surface area (TPSA) is 73.7 Å². The predicted octanol–water partition coefficient (Wildman–Crippen LogP) is 3.75. The second-order valence-corrected chi connectivity index (χ2v) is 10.9. The lowest BCUT2D eigenvalue weighted by Gasteiger charge is -2.41. The Morgan fingerprint density at radius 3 is 2.71 bits per heavy atom. The minimum atomic E-state index is -0.203. The van der Waals surface area contributed by atoms with Crippen molar-refractivity contribution in [2.75, 3.05) is 38.3 Å². The maximum Gasteiger partial charge on any atom is 0.143 e. The average molecular weight is 472 g/mol. The normalized spacial score (nSPS) is 22.3. The van der Waals surface area contributed by atoms with Crippen molar-refractivity contribution in [3.63, 3.8) is 0 Å². The summed E-state index contributed by atoms with van der Waals surface area (Å²) < 4.78 is 19.9. The van der Waals surface area contributed by atoms with Gasteiger partial charge in [0, 0.05) is 38.4 Å². The van der Waals surface area contributed by atoms with E-state index in [-0.39, 0.29) is 17.2 Å². The van der Waals surface area contributed by atoms with Gasteiger partial charge < -0.3 is 29.0 Å². The summed E-state index contributed by atoms with van der Waals surface area (Å²) in [7, 11) is 1.76. The Hall–Kier alpha value is -2.16. The van der Waals surface area contributed by atoms with Gasteiger partial charge >= 0.3 is 0 Å². The fourth-order valence-electron chi connectivity index (χ4n) is 5.10. The summed E-state index contributed by atoms with van der Waals surface area (Å²) in [4.78, 5) is 2.42. The second-order valence-electron chi connectivity index (χ2n) is 10.9. The number of fused-ring (bicyclic) bond motifs is 1. The molecule has 1 N–H and O–H groups in total. The highest BCUT2D eigenvalue weighted by Gasteiger charge is 2.32. The number of hydrogen-bond donors (Lipinski definition) is 1. The van der Waals surface area contributed by atoms with E-state index in [4.69, 9.17) is 14.2 Å². The van der Waals surface area contributed by atoms with E-state index in [0.29, 0.717) is 12.6 Å². The van der Waals surface area contributed by atoms with Crippen LogP contribution >= 0.6 is 0 Å². The van der Waals surface area contributed by atoms with Gasteiger partial charge in [0.25, 0.3) is 0 Å². The first-order valence-electron chi connectivity index (χ1n) is 12.5. The lowest BCUT2D eigenvalue weighted by Crippen LogP contribution is -2.47. The Morgan fingerprint density at radius 2 is 2.00 bits per heavy atom. The van der Waals surface area contributed by atoms with Gasteiger partial charge in [-0.3, -0.25) is 0 Å². The quantitative estimate of drug-likeness (QED) is 0.529. The number of ether oxygens (including phenoxy) is 3. The molecule has 2 aromatic rings. The third-order valence-electron chi connectivity index (χ3n) is 6.92. The van der Waals surface area contributed by atoms with Crippen molar-refractivity contribution in [1.82, 2.24) is 20.1 Å². The van der Waals surface area contributed by atoms with Gasteiger partial charge in [0.1, 0.15) is 24.0 Å².